The van der Waals surface area contributed by atoms with E-state index in [1.807, 2.05) is 0 Å². The van der Waals surface area contributed by atoms with Crippen molar-refractivity contribution in [2.24, 2.45) is 23.7 Å². The van der Waals surface area contributed by atoms with Crippen LogP contribution in [0.3, 0.4) is 0 Å². The molecule has 0 aromatic carbocycles. The van der Waals surface area contributed by atoms with Gasteiger partial charge in [-0.25, -0.2) is 0 Å². The summed E-state index contributed by atoms with van der Waals surface area (Å²) in [6.07, 6.45) is 7.44. The van der Waals surface area contributed by atoms with Gasteiger partial charge in [0.05, 0.1) is 0 Å². The lowest BCUT2D eigenvalue weighted by Gasteiger charge is -2.35. The molecule has 4 atom stereocenters. The zero-order chi connectivity index (χ0) is 12.3. The maximum absolute atomic E-state index is 4.03. The standard InChI is InChI=1S/C16H28N2/c1-10(2)18-7-5-13(6-8-18)17-16-14-11-3-4-12(9-11)15(14)16/h10-17H,3-9H2,1-2H3. The summed E-state index contributed by atoms with van der Waals surface area (Å²) in [7, 11) is 0. The van der Waals surface area contributed by atoms with Crippen molar-refractivity contribution in [2.45, 2.75) is 64.1 Å². The molecular weight excluding hydrogens is 220 g/mol. The molecule has 1 saturated heterocycles. The third-order valence-corrected chi connectivity index (χ3v) is 6.42. The van der Waals surface area contributed by atoms with Crippen molar-refractivity contribution in [3.05, 3.63) is 0 Å². The van der Waals surface area contributed by atoms with Crippen LogP contribution in [-0.4, -0.2) is 36.1 Å². The van der Waals surface area contributed by atoms with Crippen molar-refractivity contribution in [3.8, 4) is 0 Å². The number of piperidine rings is 1. The number of likely N-dealkylation sites (tertiary alicyclic amines) is 1. The largest absolute Gasteiger partial charge is 0.311 e. The maximum Gasteiger partial charge on any atom is 0.0138 e. The van der Waals surface area contributed by atoms with Gasteiger partial charge in [0.1, 0.15) is 0 Å². The zero-order valence-corrected chi connectivity index (χ0v) is 11.9. The monoisotopic (exact) mass is 248 g/mol. The van der Waals surface area contributed by atoms with E-state index in [0.717, 1.165) is 41.8 Å². The van der Waals surface area contributed by atoms with E-state index in [1.165, 1.54) is 25.9 Å². The Kier molecular flexibility index (Phi) is 2.74. The van der Waals surface area contributed by atoms with Gasteiger partial charge in [-0.1, -0.05) is 0 Å². The molecule has 102 valence electrons. The second kappa shape index (κ2) is 4.21. The molecule has 1 N–H and O–H groups in total. The van der Waals surface area contributed by atoms with Crippen LogP contribution in [0, 0.1) is 23.7 Å². The summed E-state index contributed by atoms with van der Waals surface area (Å²) in [5.74, 6) is 4.44. The Balaban J connectivity index is 1.28. The molecule has 3 saturated carbocycles. The maximum atomic E-state index is 4.03. The summed E-state index contributed by atoms with van der Waals surface area (Å²) in [6, 6.07) is 2.50. The molecule has 1 heterocycles. The van der Waals surface area contributed by atoms with Gasteiger partial charge in [-0.05, 0) is 82.7 Å². The number of rotatable bonds is 3. The Labute approximate surface area is 111 Å². The minimum atomic E-state index is 0.738. The molecule has 0 spiro atoms. The number of fused-ring (bicyclic) bond motifs is 5. The van der Waals surface area contributed by atoms with Crippen molar-refractivity contribution in [3.63, 3.8) is 0 Å². The summed E-state index contributed by atoms with van der Waals surface area (Å²) in [6.45, 7) is 7.28. The van der Waals surface area contributed by atoms with Gasteiger partial charge in [0.2, 0.25) is 0 Å². The Morgan fingerprint density at radius 1 is 0.944 bits per heavy atom. The van der Waals surface area contributed by atoms with E-state index in [0.29, 0.717) is 0 Å². The molecule has 0 radical (unpaired) electrons. The van der Waals surface area contributed by atoms with E-state index < -0.39 is 0 Å². The molecule has 4 fully saturated rings. The van der Waals surface area contributed by atoms with Gasteiger partial charge in [-0.3, -0.25) is 0 Å². The van der Waals surface area contributed by atoms with Crippen molar-refractivity contribution in [1.82, 2.24) is 10.2 Å². The van der Waals surface area contributed by atoms with Crippen LogP contribution in [-0.2, 0) is 0 Å². The third kappa shape index (κ3) is 1.76. The molecule has 1 aliphatic heterocycles. The smallest absolute Gasteiger partial charge is 0.0138 e. The number of nitrogens with zero attached hydrogens (tertiary/aromatic N) is 1. The van der Waals surface area contributed by atoms with Crippen molar-refractivity contribution < 1.29 is 0 Å². The van der Waals surface area contributed by atoms with E-state index in [4.69, 9.17) is 0 Å². The normalized spacial score (nSPS) is 47.8. The van der Waals surface area contributed by atoms with Gasteiger partial charge >= 0.3 is 0 Å². The van der Waals surface area contributed by atoms with Gasteiger partial charge in [-0.15, -0.1) is 0 Å². The fourth-order valence-electron chi connectivity index (χ4n) is 5.40. The Morgan fingerprint density at radius 2 is 1.56 bits per heavy atom. The van der Waals surface area contributed by atoms with Crippen LogP contribution < -0.4 is 5.32 Å². The van der Waals surface area contributed by atoms with Crippen LogP contribution in [0.25, 0.3) is 0 Å². The first-order chi connectivity index (χ1) is 8.74. The number of nitrogens with one attached hydrogen (secondary N) is 1. The van der Waals surface area contributed by atoms with E-state index in [-0.39, 0.29) is 0 Å². The topological polar surface area (TPSA) is 15.3 Å². The molecule has 4 aliphatic rings. The van der Waals surface area contributed by atoms with Crippen LogP contribution in [0.4, 0.5) is 0 Å². The van der Waals surface area contributed by atoms with E-state index in [2.05, 4.69) is 24.1 Å². The zero-order valence-electron chi connectivity index (χ0n) is 11.9. The highest BCUT2D eigenvalue weighted by Gasteiger charge is 2.64. The van der Waals surface area contributed by atoms with E-state index >= 15 is 0 Å². The molecule has 3 aliphatic carbocycles. The highest BCUT2D eigenvalue weighted by Crippen LogP contribution is 2.65. The fourth-order valence-corrected chi connectivity index (χ4v) is 5.40. The lowest BCUT2D eigenvalue weighted by Crippen LogP contribution is -2.46. The Hall–Kier alpha value is -0.0800. The van der Waals surface area contributed by atoms with Gasteiger partial charge < -0.3 is 10.2 Å². The summed E-state index contributed by atoms with van der Waals surface area (Å²) < 4.78 is 0. The van der Waals surface area contributed by atoms with Crippen molar-refractivity contribution in [1.29, 1.82) is 0 Å². The van der Waals surface area contributed by atoms with Crippen LogP contribution in [0.2, 0.25) is 0 Å². The average Bonchev–Trinajstić information content (AvgIpc) is 2.78. The van der Waals surface area contributed by atoms with Gasteiger partial charge in [0.25, 0.3) is 0 Å². The molecule has 2 bridgehead atoms. The molecule has 4 rings (SSSR count). The lowest BCUT2D eigenvalue weighted by atomic mass is 10.0. The van der Waals surface area contributed by atoms with Crippen LogP contribution in [0.1, 0.15) is 46.0 Å². The first kappa shape index (κ1) is 11.7. The number of hydrogen-bond acceptors (Lipinski definition) is 2. The first-order valence-corrected chi connectivity index (χ1v) is 8.24. The molecule has 4 unspecified atom stereocenters. The summed E-state index contributed by atoms with van der Waals surface area (Å²) in [5, 5.41) is 4.03. The second-order valence-electron chi connectivity index (χ2n) is 7.58. The fraction of sp³-hybridized carbons (Fsp3) is 1.00. The highest BCUT2D eigenvalue weighted by atomic mass is 15.2. The Bertz CT molecular complexity index is 303. The summed E-state index contributed by atoms with van der Waals surface area (Å²) >= 11 is 0. The highest BCUT2D eigenvalue weighted by molar-refractivity contribution is 5.17. The molecule has 0 aromatic rings. The SMILES string of the molecule is CC(C)N1CCC(NC2C3C4CCC(C4)C23)CC1. The average molecular weight is 248 g/mol. The van der Waals surface area contributed by atoms with Gasteiger partial charge in [0.15, 0.2) is 0 Å². The van der Waals surface area contributed by atoms with Crippen LogP contribution >= 0.6 is 0 Å². The summed E-state index contributed by atoms with van der Waals surface area (Å²) in [5.41, 5.74) is 0. The molecule has 2 nitrogen and oxygen atoms in total. The van der Waals surface area contributed by atoms with Gasteiger partial charge in [0, 0.05) is 18.1 Å². The quantitative estimate of drug-likeness (QED) is 0.825. The Morgan fingerprint density at radius 3 is 2.11 bits per heavy atom. The molecule has 0 amide bonds. The predicted molar refractivity (Wildman–Crippen MR) is 74.5 cm³/mol. The predicted octanol–water partition coefficient (Wildman–Crippen LogP) is 2.49. The lowest BCUT2D eigenvalue weighted by molar-refractivity contribution is 0.158. The van der Waals surface area contributed by atoms with Gasteiger partial charge in [-0.2, -0.15) is 0 Å². The van der Waals surface area contributed by atoms with Crippen molar-refractivity contribution in [2.75, 3.05) is 13.1 Å². The van der Waals surface area contributed by atoms with Crippen LogP contribution in [0.15, 0.2) is 0 Å². The summed E-state index contributed by atoms with van der Waals surface area (Å²) in [4.78, 5) is 2.63. The second-order valence-corrected chi connectivity index (χ2v) is 7.58. The third-order valence-electron chi connectivity index (χ3n) is 6.42. The molecule has 2 heteroatoms. The van der Waals surface area contributed by atoms with Crippen molar-refractivity contribution >= 4 is 0 Å². The molecule has 0 aromatic heterocycles. The van der Waals surface area contributed by atoms with E-state index in [1.54, 1.807) is 19.3 Å². The van der Waals surface area contributed by atoms with Crippen LogP contribution in [0.5, 0.6) is 0 Å². The minimum absolute atomic E-state index is 0.738. The molecular formula is C16H28N2. The molecule has 18 heavy (non-hydrogen) atoms. The van der Waals surface area contributed by atoms with E-state index in [9.17, 15) is 0 Å². The number of hydrogen-bond donors (Lipinski definition) is 1. The first-order valence-electron chi connectivity index (χ1n) is 8.24. The minimum Gasteiger partial charge on any atom is -0.311 e.